The Labute approximate surface area is 349 Å². The molecule has 0 radical (unpaired) electrons. The second-order valence-corrected chi connectivity index (χ2v) is 18.0. The summed E-state index contributed by atoms with van der Waals surface area (Å²) in [4.78, 5) is 5.50. The van der Waals surface area contributed by atoms with E-state index in [9.17, 15) is 0 Å². The highest BCUT2D eigenvalue weighted by Crippen LogP contribution is 2.65. The van der Waals surface area contributed by atoms with Crippen molar-refractivity contribution in [3.63, 3.8) is 0 Å². The third kappa shape index (κ3) is 5.36. The quantitative estimate of drug-likeness (QED) is 0.122. The van der Waals surface area contributed by atoms with Gasteiger partial charge in [0.05, 0.1) is 11.1 Å². The van der Waals surface area contributed by atoms with Gasteiger partial charge in [-0.3, -0.25) is 0 Å². The molecule has 0 bridgehead atoms. The lowest BCUT2D eigenvalue weighted by molar-refractivity contribution is 0.361. The summed E-state index contributed by atoms with van der Waals surface area (Å²) in [7, 11) is 0. The van der Waals surface area contributed by atoms with Crippen LogP contribution in [0, 0.1) is 13.8 Å². The fraction of sp³-hybridized carbons (Fsp3) is 0.357. The standard InChI is InChI=1S/C56H62N2/c1-11-38-19-17-20-39(12-2)52(38)57(43-27-23-36(7)24-28-43)55(15-5)35-42-31-45-46-32-50-51(34-49(46)54(9,10)48(45)33-47(42)55)56(50,16-6)58(44-29-25-37(8)26-30-44)53-40(13-3)21-18-22-41(53)14-4/h17-34H,11-16,35H2,1-10H3. The minimum absolute atomic E-state index is 0.122. The molecule has 0 amide bonds. The van der Waals surface area contributed by atoms with Crippen molar-refractivity contribution in [2.75, 3.05) is 9.80 Å². The third-order valence-electron chi connectivity index (χ3n) is 14.7. The van der Waals surface area contributed by atoms with Crippen molar-refractivity contribution in [3.05, 3.63) is 176 Å². The fourth-order valence-electron chi connectivity index (χ4n) is 11.3. The SMILES string of the molecule is CCc1cccc(CC)c1N(c1ccc(C)cc1)C1(CC)Cc2cc3c(cc21)C(C)(C)c1cc2c(cc1-3)C2(CC)N(c1ccc(C)cc1)c1c(CC)cccc1CC. The van der Waals surface area contributed by atoms with Gasteiger partial charge < -0.3 is 9.80 Å². The molecule has 9 rings (SSSR count). The van der Waals surface area contributed by atoms with Crippen LogP contribution in [0.3, 0.4) is 0 Å². The molecule has 2 atom stereocenters. The molecule has 0 N–H and O–H groups in total. The number of fused-ring (bicyclic) bond motifs is 5. The normalized spacial score (nSPS) is 19.1. The first kappa shape index (κ1) is 38.4. The molecule has 0 spiro atoms. The van der Waals surface area contributed by atoms with Gasteiger partial charge in [-0.1, -0.05) is 145 Å². The van der Waals surface area contributed by atoms with Crippen molar-refractivity contribution in [2.24, 2.45) is 0 Å². The number of nitrogens with zero attached hydrogens (tertiary/aromatic N) is 2. The Morgan fingerprint density at radius 3 is 1.36 bits per heavy atom. The number of hydrogen-bond acceptors (Lipinski definition) is 2. The maximum Gasteiger partial charge on any atom is 0.0960 e. The first-order valence-corrected chi connectivity index (χ1v) is 22.4. The molecule has 0 saturated carbocycles. The van der Waals surface area contributed by atoms with Crippen LogP contribution >= 0.6 is 0 Å². The van der Waals surface area contributed by atoms with Crippen LogP contribution in [0.2, 0.25) is 0 Å². The highest BCUT2D eigenvalue weighted by atomic mass is 15.2. The Balaban J connectivity index is 1.20. The largest absolute Gasteiger partial charge is 0.330 e. The maximum absolute atomic E-state index is 2.77. The topological polar surface area (TPSA) is 6.48 Å². The zero-order valence-corrected chi connectivity index (χ0v) is 36.7. The van der Waals surface area contributed by atoms with Crippen molar-refractivity contribution in [3.8, 4) is 11.1 Å². The van der Waals surface area contributed by atoms with Crippen LogP contribution in [0.1, 0.15) is 135 Å². The van der Waals surface area contributed by atoms with Gasteiger partial charge in [0, 0.05) is 34.6 Å². The summed E-state index contributed by atoms with van der Waals surface area (Å²) in [5, 5.41) is 0. The van der Waals surface area contributed by atoms with E-state index >= 15 is 0 Å². The molecule has 6 aromatic rings. The lowest BCUT2D eigenvalue weighted by atomic mass is 9.65. The second-order valence-electron chi connectivity index (χ2n) is 18.0. The molecule has 0 aromatic heterocycles. The number of para-hydroxylation sites is 2. The molecule has 2 nitrogen and oxygen atoms in total. The van der Waals surface area contributed by atoms with E-state index in [1.807, 2.05) is 0 Å². The Morgan fingerprint density at radius 1 is 0.466 bits per heavy atom. The monoisotopic (exact) mass is 762 g/mol. The van der Waals surface area contributed by atoms with Crippen LogP contribution in [0.15, 0.2) is 109 Å². The summed E-state index contributed by atoms with van der Waals surface area (Å²) in [6, 6.07) is 43.0. The number of hydrogen-bond donors (Lipinski definition) is 0. The molecule has 6 aromatic carbocycles. The maximum atomic E-state index is 2.77. The number of rotatable bonds is 12. The number of aryl methyl sites for hydroxylation is 6. The van der Waals surface area contributed by atoms with Crippen molar-refractivity contribution in [2.45, 2.75) is 131 Å². The minimum atomic E-state index is -0.180. The summed E-state index contributed by atoms with van der Waals surface area (Å²) in [5.41, 5.74) is 25.1. The molecule has 2 heteroatoms. The Kier molecular flexibility index (Phi) is 9.30. The Bertz CT molecular complexity index is 2510. The van der Waals surface area contributed by atoms with E-state index in [-0.39, 0.29) is 16.5 Å². The van der Waals surface area contributed by atoms with E-state index in [1.165, 1.54) is 101 Å². The van der Waals surface area contributed by atoms with Crippen LogP contribution in [-0.4, -0.2) is 0 Å². The van der Waals surface area contributed by atoms with Gasteiger partial charge in [0.25, 0.3) is 0 Å². The Hall–Kier alpha value is -5.08. The summed E-state index contributed by atoms with van der Waals surface area (Å²) < 4.78 is 0. The summed E-state index contributed by atoms with van der Waals surface area (Å²) in [6.45, 7) is 23.4. The summed E-state index contributed by atoms with van der Waals surface area (Å²) in [5.74, 6) is 0. The predicted octanol–water partition coefficient (Wildman–Crippen LogP) is 14.7. The van der Waals surface area contributed by atoms with Crippen LogP contribution in [-0.2, 0) is 48.6 Å². The molecule has 296 valence electrons. The van der Waals surface area contributed by atoms with Crippen LogP contribution in [0.25, 0.3) is 11.1 Å². The molecular weight excluding hydrogens is 701 g/mol. The average molecular weight is 763 g/mol. The van der Waals surface area contributed by atoms with E-state index in [1.54, 1.807) is 0 Å². The van der Waals surface area contributed by atoms with Gasteiger partial charge in [0.2, 0.25) is 0 Å². The van der Waals surface area contributed by atoms with Crippen molar-refractivity contribution in [1.29, 1.82) is 0 Å². The lowest BCUT2D eigenvalue weighted by Crippen LogP contribution is -2.52. The first-order valence-electron chi connectivity index (χ1n) is 22.4. The minimum Gasteiger partial charge on any atom is -0.330 e. The van der Waals surface area contributed by atoms with Crippen molar-refractivity contribution >= 4 is 22.7 Å². The lowest BCUT2D eigenvalue weighted by Gasteiger charge is -2.54. The Morgan fingerprint density at radius 2 is 0.897 bits per heavy atom. The molecule has 0 fully saturated rings. The molecule has 0 heterocycles. The van der Waals surface area contributed by atoms with Gasteiger partial charge in [-0.2, -0.15) is 0 Å². The highest BCUT2D eigenvalue weighted by Gasteiger charge is 2.57. The van der Waals surface area contributed by atoms with E-state index in [0.717, 1.165) is 44.9 Å². The predicted molar refractivity (Wildman–Crippen MR) is 248 cm³/mol. The van der Waals surface area contributed by atoms with E-state index in [0.29, 0.717) is 0 Å². The van der Waals surface area contributed by atoms with Gasteiger partial charge in [-0.15, -0.1) is 0 Å². The summed E-state index contributed by atoms with van der Waals surface area (Å²) in [6.07, 6.45) is 7.14. The van der Waals surface area contributed by atoms with Crippen molar-refractivity contribution < 1.29 is 0 Å². The van der Waals surface area contributed by atoms with Crippen molar-refractivity contribution in [1.82, 2.24) is 0 Å². The molecule has 0 saturated heterocycles. The average Bonchev–Trinajstić information content (AvgIpc) is 3.82. The van der Waals surface area contributed by atoms with Gasteiger partial charge in [0.1, 0.15) is 0 Å². The fourth-order valence-corrected chi connectivity index (χ4v) is 11.3. The van der Waals surface area contributed by atoms with Crippen LogP contribution in [0.5, 0.6) is 0 Å². The zero-order valence-electron chi connectivity index (χ0n) is 36.7. The van der Waals surface area contributed by atoms with Gasteiger partial charge >= 0.3 is 0 Å². The summed E-state index contributed by atoms with van der Waals surface area (Å²) >= 11 is 0. The molecular formula is C56H62N2. The van der Waals surface area contributed by atoms with Crippen LogP contribution in [0.4, 0.5) is 22.7 Å². The molecule has 2 unspecified atom stereocenters. The van der Waals surface area contributed by atoms with Gasteiger partial charge in [0.15, 0.2) is 0 Å². The molecule has 58 heavy (non-hydrogen) atoms. The molecule has 3 aliphatic rings. The third-order valence-corrected chi connectivity index (χ3v) is 14.7. The highest BCUT2D eigenvalue weighted by molar-refractivity contribution is 5.89. The van der Waals surface area contributed by atoms with E-state index in [2.05, 4.69) is 188 Å². The van der Waals surface area contributed by atoms with Gasteiger partial charge in [-0.25, -0.2) is 0 Å². The first-order chi connectivity index (χ1) is 28.0. The van der Waals surface area contributed by atoms with Crippen LogP contribution < -0.4 is 9.80 Å². The van der Waals surface area contributed by atoms with E-state index in [4.69, 9.17) is 0 Å². The molecule has 0 aliphatic heterocycles. The zero-order chi connectivity index (χ0) is 40.7. The van der Waals surface area contributed by atoms with Gasteiger partial charge in [-0.05, 0) is 149 Å². The second kappa shape index (κ2) is 14.0. The number of anilines is 4. The number of benzene rings is 6. The smallest absolute Gasteiger partial charge is 0.0960 e. The van der Waals surface area contributed by atoms with E-state index < -0.39 is 0 Å². The molecule has 3 aliphatic carbocycles.